The summed E-state index contributed by atoms with van der Waals surface area (Å²) in [5.41, 5.74) is 0.624. The van der Waals surface area contributed by atoms with Gasteiger partial charge in [-0.3, -0.25) is 9.36 Å². The number of rotatable bonds is 6. The van der Waals surface area contributed by atoms with Gasteiger partial charge in [-0.05, 0) is 74.4 Å². The van der Waals surface area contributed by atoms with E-state index in [1.807, 2.05) is 24.3 Å². The van der Waals surface area contributed by atoms with Crippen molar-refractivity contribution in [1.82, 2.24) is 24.7 Å². The van der Waals surface area contributed by atoms with Crippen LogP contribution < -0.4 is 5.56 Å². The van der Waals surface area contributed by atoms with Crippen LogP contribution in [0.4, 0.5) is 0 Å². The van der Waals surface area contributed by atoms with Gasteiger partial charge in [-0.1, -0.05) is 36.4 Å². The number of aromatic nitrogens is 5. The standard InChI is InChI=1S/C25H27N5OS2/c1-14(19-13-16-9-10-17(19)12-16)30-23(21-8-5-11-32-21)28-29-25(30)33-15(2)22-26-20-7-4-3-6-18(20)24(31)27-22/h3-8,11,14-17,19H,9-10,12-13H2,1-2H3,(H,26,27,31). The average molecular weight is 478 g/mol. The third-order valence-corrected chi connectivity index (χ3v) is 9.46. The van der Waals surface area contributed by atoms with E-state index in [0.29, 0.717) is 23.2 Å². The van der Waals surface area contributed by atoms with Crippen LogP contribution in [-0.4, -0.2) is 24.7 Å². The highest BCUT2D eigenvalue weighted by Crippen LogP contribution is 2.53. The number of aromatic amines is 1. The highest BCUT2D eigenvalue weighted by atomic mass is 32.2. The van der Waals surface area contributed by atoms with E-state index in [2.05, 4.69) is 51.1 Å². The van der Waals surface area contributed by atoms with E-state index in [-0.39, 0.29) is 10.8 Å². The molecule has 2 aliphatic carbocycles. The number of para-hydroxylation sites is 1. The molecule has 170 valence electrons. The molecule has 2 aliphatic rings. The molecule has 0 amide bonds. The lowest BCUT2D eigenvalue weighted by atomic mass is 9.84. The Hall–Kier alpha value is -2.45. The fraction of sp³-hybridized carbons (Fsp3) is 0.440. The Morgan fingerprint density at radius 3 is 2.76 bits per heavy atom. The molecule has 8 heteroatoms. The van der Waals surface area contributed by atoms with Gasteiger partial charge in [0.2, 0.25) is 0 Å². The second-order valence-electron chi connectivity index (χ2n) is 9.46. The third-order valence-electron chi connectivity index (χ3n) is 7.52. The molecule has 6 rings (SSSR count). The maximum atomic E-state index is 12.6. The first-order chi connectivity index (χ1) is 16.1. The summed E-state index contributed by atoms with van der Waals surface area (Å²) in [6, 6.07) is 12.0. The van der Waals surface area contributed by atoms with Gasteiger partial charge in [0.1, 0.15) is 5.82 Å². The molecule has 0 saturated heterocycles. The number of H-pyrrole nitrogens is 1. The van der Waals surface area contributed by atoms with Crippen LogP contribution in [0.5, 0.6) is 0 Å². The van der Waals surface area contributed by atoms with E-state index in [4.69, 9.17) is 4.98 Å². The number of hydrogen-bond donors (Lipinski definition) is 1. The fourth-order valence-electron chi connectivity index (χ4n) is 5.89. The monoisotopic (exact) mass is 477 g/mol. The molecule has 0 aliphatic heterocycles. The average Bonchev–Trinajstić information content (AvgIpc) is 3.63. The van der Waals surface area contributed by atoms with Crippen molar-refractivity contribution in [3.05, 3.63) is 58.0 Å². The van der Waals surface area contributed by atoms with Crippen molar-refractivity contribution < 1.29 is 0 Å². The summed E-state index contributed by atoms with van der Waals surface area (Å²) in [4.78, 5) is 21.5. The third kappa shape index (κ3) is 3.73. The Morgan fingerprint density at radius 2 is 2.00 bits per heavy atom. The Balaban J connectivity index is 1.36. The predicted molar refractivity (Wildman–Crippen MR) is 134 cm³/mol. The van der Waals surface area contributed by atoms with Crippen molar-refractivity contribution in [3.8, 4) is 10.7 Å². The summed E-state index contributed by atoms with van der Waals surface area (Å²) < 4.78 is 2.36. The van der Waals surface area contributed by atoms with Gasteiger partial charge in [0, 0.05) is 6.04 Å². The van der Waals surface area contributed by atoms with Gasteiger partial charge in [0.05, 0.1) is 21.0 Å². The summed E-state index contributed by atoms with van der Waals surface area (Å²) in [6.45, 7) is 4.42. The molecule has 0 spiro atoms. The Labute approximate surface area is 200 Å². The number of thioether (sulfide) groups is 1. The maximum Gasteiger partial charge on any atom is 0.258 e. The van der Waals surface area contributed by atoms with Crippen LogP contribution in [-0.2, 0) is 0 Å². The molecule has 1 N–H and O–H groups in total. The molecule has 3 heterocycles. The molecular weight excluding hydrogens is 450 g/mol. The van der Waals surface area contributed by atoms with Crippen LogP contribution in [0.25, 0.3) is 21.6 Å². The largest absolute Gasteiger partial charge is 0.309 e. The molecule has 0 radical (unpaired) electrons. The van der Waals surface area contributed by atoms with Crippen LogP contribution in [0, 0.1) is 17.8 Å². The van der Waals surface area contributed by atoms with Crippen molar-refractivity contribution >= 4 is 34.0 Å². The lowest BCUT2D eigenvalue weighted by molar-refractivity contribution is 0.235. The number of benzene rings is 1. The molecule has 1 aromatic carbocycles. The topological polar surface area (TPSA) is 76.5 Å². The molecule has 4 aromatic rings. The van der Waals surface area contributed by atoms with E-state index < -0.39 is 0 Å². The van der Waals surface area contributed by atoms with Crippen molar-refractivity contribution in [2.75, 3.05) is 0 Å². The Morgan fingerprint density at radius 1 is 1.12 bits per heavy atom. The summed E-state index contributed by atoms with van der Waals surface area (Å²) >= 11 is 3.33. The molecule has 3 aromatic heterocycles. The summed E-state index contributed by atoms with van der Waals surface area (Å²) in [5.74, 6) is 4.01. The van der Waals surface area contributed by atoms with Crippen molar-refractivity contribution in [2.24, 2.45) is 17.8 Å². The van der Waals surface area contributed by atoms with Crippen LogP contribution in [0.15, 0.2) is 51.7 Å². The summed E-state index contributed by atoms with van der Waals surface area (Å²) in [5, 5.41) is 12.8. The van der Waals surface area contributed by atoms with Gasteiger partial charge >= 0.3 is 0 Å². The SMILES string of the molecule is CC(Sc1nnc(-c2cccs2)n1C(C)C1CC2CCC1C2)c1nc2ccccc2c(=O)[nH]1. The number of nitrogens with one attached hydrogen (secondary N) is 1. The van der Waals surface area contributed by atoms with Crippen LogP contribution in [0.2, 0.25) is 0 Å². The van der Waals surface area contributed by atoms with E-state index in [1.54, 1.807) is 23.1 Å². The van der Waals surface area contributed by atoms with Gasteiger partial charge in [-0.2, -0.15) is 0 Å². The van der Waals surface area contributed by atoms with Gasteiger partial charge < -0.3 is 4.98 Å². The summed E-state index contributed by atoms with van der Waals surface area (Å²) in [6.07, 6.45) is 5.45. The maximum absolute atomic E-state index is 12.6. The minimum atomic E-state index is -0.0980. The van der Waals surface area contributed by atoms with Crippen molar-refractivity contribution in [1.29, 1.82) is 0 Å². The van der Waals surface area contributed by atoms with Gasteiger partial charge in [0.15, 0.2) is 11.0 Å². The second kappa shape index (κ2) is 8.40. The smallest absolute Gasteiger partial charge is 0.258 e. The quantitative estimate of drug-likeness (QED) is 0.340. The van der Waals surface area contributed by atoms with Gasteiger partial charge in [0.25, 0.3) is 5.56 Å². The highest BCUT2D eigenvalue weighted by molar-refractivity contribution is 7.99. The zero-order chi connectivity index (χ0) is 22.5. The van der Waals surface area contributed by atoms with E-state index in [1.165, 1.54) is 25.7 Å². The molecule has 2 bridgehead atoms. The second-order valence-corrected chi connectivity index (χ2v) is 11.7. The molecule has 5 atom stereocenters. The lowest BCUT2D eigenvalue weighted by Crippen LogP contribution is -2.23. The first kappa shape index (κ1) is 21.1. The van der Waals surface area contributed by atoms with Gasteiger partial charge in [-0.15, -0.1) is 21.5 Å². The zero-order valence-electron chi connectivity index (χ0n) is 18.8. The minimum absolute atomic E-state index is 0.0614. The normalized spacial score (nSPS) is 23.9. The minimum Gasteiger partial charge on any atom is -0.309 e. The van der Waals surface area contributed by atoms with Crippen molar-refractivity contribution in [2.45, 2.75) is 56.0 Å². The van der Waals surface area contributed by atoms with Crippen LogP contribution in [0.1, 0.15) is 56.6 Å². The first-order valence-corrected chi connectivity index (χ1v) is 13.5. The van der Waals surface area contributed by atoms with Crippen LogP contribution >= 0.6 is 23.1 Å². The lowest BCUT2D eigenvalue weighted by Gasteiger charge is -2.30. The number of fused-ring (bicyclic) bond motifs is 3. The molecule has 33 heavy (non-hydrogen) atoms. The Bertz CT molecular complexity index is 1340. The predicted octanol–water partition coefficient (Wildman–Crippen LogP) is 6.09. The highest BCUT2D eigenvalue weighted by Gasteiger charge is 2.43. The van der Waals surface area contributed by atoms with Crippen molar-refractivity contribution in [3.63, 3.8) is 0 Å². The fourth-order valence-corrected chi connectivity index (χ4v) is 7.58. The number of hydrogen-bond acceptors (Lipinski definition) is 6. The molecule has 2 saturated carbocycles. The Kier molecular flexibility index (Phi) is 5.37. The molecule has 6 nitrogen and oxygen atoms in total. The van der Waals surface area contributed by atoms with E-state index in [9.17, 15) is 4.79 Å². The molecular formula is C25H27N5OS2. The number of thiophene rings is 1. The molecule has 2 fully saturated rings. The summed E-state index contributed by atoms with van der Waals surface area (Å²) in [7, 11) is 0. The van der Waals surface area contributed by atoms with Gasteiger partial charge in [-0.25, -0.2) is 4.98 Å². The van der Waals surface area contributed by atoms with Crippen LogP contribution in [0.3, 0.4) is 0 Å². The number of nitrogens with zero attached hydrogens (tertiary/aromatic N) is 4. The first-order valence-electron chi connectivity index (χ1n) is 11.7. The zero-order valence-corrected chi connectivity index (χ0v) is 20.4. The van der Waals surface area contributed by atoms with E-state index >= 15 is 0 Å². The molecule has 5 unspecified atom stereocenters. The van der Waals surface area contributed by atoms with E-state index in [0.717, 1.165) is 33.2 Å².